The maximum atomic E-state index is 13.2. The topological polar surface area (TPSA) is 92.0 Å². The van der Waals surface area contributed by atoms with Crippen LogP contribution in [0.4, 0.5) is 5.69 Å². The molecule has 28 heavy (non-hydrogen) atoms. The van der Waals surface area contributed by atoms with Gasteiger partial charge in [0.05, 0.1) is 24.5 Å². The van der Waals surface area contributed by atoms with Crippen LogP contribution in [-0.4, -0.2) is 54.7 Å². The van der Waals surface area contributed by atoms with Crippen molar-refractivity contribution < 1.29 is 23.8 Å². The number of anilines is 1. The zero-order chi connectivity index (χ0) is 19.7. The first kappa shape index (κ1) is 18.7. The van der Waals surface area contributed by atoms with E-state index >= 15 is 0 Å². The van der Waals surface area contributed by atoms with Crippen molar-refractivity contribution in [1.82, 2.24) is 4.90 Å². The number of aliphatic hydroxyl groups excluding tert-OH is 1. The number of benzene rings is 1. The summed E-state index contributed by atoms with van der Waals surface area (Å²) in [4.78, 5) is 27.4. The number of hydrogen-bond acceptors (Lipinski definition) is 5. The fourth-order valence-corrected chi connectivity index (χ4v) is 4.15. The second kappa shape index (κ2) is 7.41. The smallest absolute Gasteiger partial charge is 0.291 e. The van der Waals surface area contributed by atoms with Gasteiger partial charge in [-0.3, -0.25) is 9.59 Å². The summed E-state index contributed by atoms with van der Waals surface area (Å²) in [6, 6.07) is 10.3. The van der Waals surface area contributed by atoms with Gasteiger partial charge in [0.25, 0.3) is 11.8 Å². The van der Waals surface area contributed by atoms with Crippen LogP contribution in [0.3, 0.4) is 0 Å². The van der Waals surface area contributed by atoms with Crippen LogP contribution in [0.1, 0.15) is 33.1 Å². The molecule has 2 atom stereocenters. The van der Waals surface area contributed by atoms with Gasteiger partial charge in [0.15, 0.2) is 5.76 Å². The van der Waals surface area contributed by atoms with Crippen LogP contribution in [0.25, 0.3) is 0 Å². The molecule has 2 amide bonds. The average molecular weight is 384 g/mol. The van der Waals surface area contributed by atoms with Crippen molar-refractivity contribution >= 4 is 17.5 Å². The lowest BCUT2D eigenvalue weighted by atomic mass is 9.75. The van der Waals surface area contributed by atoms with Crippen molar-refractivity contribution in [3.63, 3.8) is 0 Å². The lowest BCUT2D eigenvalue weighted by Gasteiger charge is -2.36. The molecular formula is C21H24N2O5. The Kier molecular flexibility index (Phi) is 4.95. The molecule has 148 valence electrons. The number of carbonyl (C=O) groups is 2. The molecule has 1 aromatic carbocycles. The molecule has 3 heterocycles. The first-order chi connectivity index (χ1) is 13.5. The molecule has 0 saturated carbocycles. The Balaban J connectivity index is 1.55. The SMILES string of the molecule is Cc1ccc(C(=O)Nc2ccccc2C(=O)N2C[C@@H]3COCC[C@]3(CO)C2)o1. The number of likely N-dealkylation sites (tertiary alicyclic amines) is 1. The Morgan fingerprint density at radius 2 is 2.11 bits per heavy atom. The highest BCUT2D eigenvalue weighted by atomic mass is 16.5. The van der Waals surface area contributed by atoms with Gasteiger partial charge < -0.3 is 24.5 Å². The van der Waals surface area contributed by atoms with Crippen LogP contribution in [0.15, 0.2) is 40.8 Å². The first-order valence-corrected chi connectivity index (χ1v) is 9.47. The van der Waals surface area contributed by atoms with Crippen LogP contribution in [-0.2, 0) is 4.74 Å². The molecule has 2 aliphatic rings. The Bertz CT molecular complexity index is 892. The number of rotatable bonds is 4. The van der Waals surface area contributed by atoms with E-state index < -0.39 is 5.91 Å². The lowest BCUT2D eigenvalue weighted by molar-refractivity contribution is -0.0415. The standard InChI is InChI=1S/C21H24N2O5/c1-14-6-7-18(28-14)19(25)22-17-5-3-2-4-16(17)20(26)23-10-15-11-27-9-8-21(15,12-23)13-24/h2-7,15,24H,8-13H2,1H3,(H,22,25)/t15-,21-/m1/s1. The van der Waals surface area contributed by atoms with E-state index in [2.05, 4.69) is 5.32 Å². The number of hydrogen-bond donors (Lipinski definition) is 2. The highest BCUT2D eigenvalue weighted by Gasteiger charge is 2.49. The minimum atomic E-state index is -0.399. The highest BCUT2D eigenvalue weighted by Crippen LogP contribution is 2.42. The van der Waals surface area contributed by atoms with Gasteiger partial charge in [-0.15, -0.1) is 0 Å². The normalized spacial score (nSPS) is 24.1. The fourth-order valence-electron chi connectivity index (χ4n) is 4.15. The van der Waals surface area contributed by atoms with Gasteiger partial charge >= 0.3 is 0 Å². The number of aryl methyl sites for hydroxylation is 1. The predicted octanol–water partition coefficient (Wildman–Crippen LogP) is 2.31. The maximum Gasteiger partial charge on any atom is 0.291 e. The van der Waals surface area contributed by atoms with Crippen LogP contribution in [0.5, 0.6) is 0 Å². The molecule has 1 aromatic heterocycles. The number of aliphatic hydroxyl groups is 1. The highest BCUT2D eigenvalue weighted by molar-refractivity contribution is 6.08. The van der Waals surface area contributed by atoms with Gasteiger partial charge in [-0.2, -0.15) is 0 Å². The number of fused-ring (bicyclic) bond motifs is 1. The molecule has 0 aliphatic carbocycles. The molecule has 0 bridgehead atoms. The maximum absolute atomic E-state index is 13.2. The molecule has 0 radical (unpaired) electrons. The molecule has 7 heteroatoms. The molecular weight excluding hydrogens is 360 g/mol. The van der Waals surface area contributed by atoms with Crippen molar-refractivity contribution in [1.29, 1.82) is 0 Å². The molecule has 2 fully saturated rings. The third-order valence-electron chi connectivity index (χ3n) is 5.85. The van der Waals surface area contributed by atoms with E-state index in [1.165, 1.54) is 0 Å². The van der Waals surface area contributed by atoms with E-state index in [0.29, 0.717) is 43.3 Å². The van der Waals surface area contributed by atoms with Gasteiger partial charge in [0, 0.05) is 31.0 Å². The Morgan fingerprint density at radius 3 is 2.82 bits per heavy atom. The van der Waals surface area contributed by atoms with Gasteiger partial charge in [0.1, 0.15) is 5.76 Å². The van der Waals surface area contributed by atoms with E-state index in [0.717, 1.165) is 6.42 Å². The van der Waals surface area contributed by atoms with E-state index in [4.69, 9.17) is 9.15 Å². The van der Waals surface area contributed by atoms with E-state index in [1.807, 2.05) is 0 Å². The Morgan fingerprint density at radius 1 is 1.29 bits per heavy atom. The monoisotopic (exact) mass is 384 g/mol. The zero-order valence-electron chi connectivity index (χ0n) is 15.8. The molecule has 0 spiro atoms. The molecule has 4 rings (SSSR count). The number of ether oxygens (including phenoxy) is 1. The summed E-state index contributed by atoms with van der Waals surface area (Å²) in [5, 5.41) is 12.7. The van der Waals surface area contributed by atoms with Crippen molar-refractivity contribution in [3.8, 4) is 0 Å². The van der Waals surface area contributed by atoms with Crippen LogP contribution < -0.4 is 5.32 Å². The zero-order valence-corrected chi connectivity index (χ0v) is 15.8. The number of nitrogens with zero attached hydrogens (tertiary/aromatic N) is 1. The number of para-hydroxylation sites is 1. The summed E-state index contributed by atoms with van der Waals surface area (Å²) in [5.74, 6) is 0.412. The van der Waals surface area contributed by atoms with Crippen molar-refractivity contribution in [3.05, 3.63) is 53.5 Å². The Hall–Kier alpha value is -2.64. The molecule has 2 N–H and O–H groups in total. The fraction of sp³-hybridized carbons (Fsp3) is 0.429. The quantitative estimate of drug-likeness (QED) is 0.844. The summed E-state index contributed by atoms with van der Waals surface area (Å²) < 4.78 is 10.9. The summed E-state index contributed by atoms with van der Waals surface area (Å²) >= 11 is 0. The third kappa shape index (κ3) is 3.31. The minimum Gasteiger partial charge on any atom is -0.456 e. The lowest BCUT2D eigenvalue weighted by Crippen LogP contribution is -2.41. The third-order valence-corrected chi connectivity index (χ3v) is 5.85. The molecule has 2 aromatic rings. The van der Waals surface area contributed by atoms with E-state index in [-0.39, 0.29) is 29.6 Å². The van der Waals surface area contributed by atoms with Crippen molar-refractivity contribution in [2.75, 3.05) is 38.2 Å². The number of furan rings is 1. The summed E-state index contributed by atoms with van der Waals surface area (Å²) in [5.41, 5.74) is 0.570. The van der Waals surface area contributed by atoms with Crippen molar-refractivity contribution in [2.24, 2.45) is 11.3 Å². The molecule has 2 saturated heterocycles. The molecule has 0 unspecified atom stereocenters. The Labute approximate surface area is 163 Å². The van der Waals surface area contributed by atoms with E-state index in [1.54, 1.807) is 48.2 Å². The van der Waals surface area contributed by atoms with Crippen LogP contribution in [0.2, 0.25) is 0 Å². The minimum absolute atomic E-state index is 0.0427. The number of amides is 2. The summed E-state index contributed by atoms with van der Waals surface area (Å²) in [6.45, 7) is 4.01. The van der Waals surface area contributed by atoms with Crippen LogP contribution in [0, 0.1) is 18.3 Å². The second-order valence-corrected chi connectivity index (χ2v) is 7.64. The van der Waals surface area contributed by atoms with Gasteiger partial charge in [-0.25, -0.2) is 0 Å². The number of nitrogens with one attached hydrogen (secondary N) is 1. The first-order valence-electron chi connectivity index (χ1n) is 9.47. The summed E-state index contributed by atoms with van der Waals surface area (Å²) in [6.07, 6.45) is 0.744. The van der Waals surface area contributed by atoms with Gasteiger partial charge in [-0.05, 0) is 37.6 Å². The predicted molar refractivity (Wildman–Crippen MR) is 102 cm³/mol. The van der Waals surface area contributed by atoms with Gasteiger partial charge in [0.2, 0.25) is 0 Å². The average Bonchev–Trinajstić information content (AvgIpc) is 3.32. The molecule has 2 aliphatic heterocycles. The largest absolute Gasteiger partial charge is 0.456 e. The van der Waals surface area contributed by atoms with Crippen molar-refractivity contribution in [2.45, 2.75) is 13.3 Å². The molecule has 7 nitrogen and oxygen atoms in total. The summed E-state index contributed by atoms with van der Waals surface area (Å²) in [7, 11) is 0. The van der Waals surface area contributed by atoms with Crippen LogP contribution >= 0.6 is 0 Å². The van der Waals surface area contributed by atoms with E-state index in [9.17, 15) is 14.7 Å². The second-order valence-electron chi connectivity index (χ2n) is 7.64. The van der Waals surface area contributed by atoms with Gasteiger partial charge in [-0.1, -0.05) is 12.1 Å². The number of carbonyl (C=O) groups excluding carboxylic acids is 2.